The van der Waals surface area contributed by atoms with Crippen molar-refractivity contribution in [2.45, 2.75) is 44.4 Å². The Labute approximate surface area is 97.6 Å². The normalized spacial score (nSPS) is 23.3. The minimum atomic E-state index is -2.83. The van der Waals surface area contributed by atoms with Gasteiger partial charge in [0.2, 0.25) is 0 Å². The number of allylic oxidation sites excluding steroid dienone is 2. The Kier molecular flexibility index (Phi) is 5.13. The van der Waals surface area contributed by atoms with Gasteiger partial charge in [-0.3, -0.25) is 0 Å². The van der Waals surface area contributed by atoms with Crippen molar-refractivity contribution < 1.29 is 8.42 Å². The van der Waals surface area contributed by atoms with E-state index in [1.165, 1.54) is 5.57 Å². The summed E-state index contributed by atoms with van der Waals surface area (Å²) >= 11 is 6.07. The zero-order valence-corrected chi connectivity index (χ0v) is 10.8. The van der Waals surface area contributed by atoms with Gasteiger partial charge in [-0.1, -0.05) is 25.0 Å². The maximum Gasteiger partial charge on any atom is 0.150 e. The van der Waals surface area contributed by atoms with Crippen LogP contribution in [0.2, 0.25) is 0 Å². The molecule has 4 heteroatoms. The number of hydrogen-bond acceptors (Lipinski definition) is 2. The fraction of sp³-hybridized carbons (Fsp3) is 0.818. The third-order valence-corrected chi connectivity index (χ3v) is 4.87. The minimum Gasteiger partial charge on any atom is -0.229 e. The van der Waals surface area contributed by atoms with E-state index in [4.69, 9.17) is 11.6 Å². The average Bonchev–Trinajstić information content (AvgIpc) is 2.40. The molecular formula is C11H19ClO2S. The summed E-state index contributed by atoms with van der Waals surface area (Å²) in [6.45, 7) is 1.70. The van der Waals surface area contributed by atoms with E-state index in [2.05, 4.69) is 6.08 Å². The van der Waals surface area contributed by atoms with Gasteiger partial charge in [-0.05, 0) is 25.7 Å². The highest BCUT2D eigenvalue weighted by Crippen LogP contribution is 2.23. The molecule has 0 radical (unpaired) electrons. The fourth-order valence-electron chi connectivity index (χ4n) is 1.75. The monoisotopic (exact) mass is 250 g/mol. The first-order valence-electron chi connectivity index (χ1n) is 5.57. The predicted molar refractivity (Wildman–Crippen MR) is 65.1 cm³/mol. The maximum atomic E-state index is 11.3. The van der Waals surface area contributed by atoms with E-state index in [-0.39, 0.29) is 16.9 Å². The first-order chi connectivity index (χ1) is 7.03. The Morgan fingerprint density at radius 2 is 2.20 bits per heavy atom. The smallest absolute Gasteiger partial charge is 0.150 e. The Morgan fingerprint density at radius 1 is 1.47 bits per heavy atom. The zero-order chi connectivity index (χ0) is 11.3. The van der Waals surface area contributed by atoms with Gasteiger partial charge in [-0.2, -0.15) is 0 Å². The van der Waals surface area contributed by atoms with Gasteiger partial charge < -0.3 is 0 Å². The van der Waals surface area contributed by atoms with E-state index in [1.807, 2.05) is 0 Å². The van der Waals surface area contributed by atoms with Crippen molar-refractivity contribution >= 4 is 21.4 Å². The molecule has 1 unspecified atom stereocenters. The Balaban J connectivity index is 2.50. The van der Waals surface area contributed by atoms with Gasteiger partial charge in [-0.25, -0.2) is 8.42 Å². The maximum absolute atomic E-state index is 11.3. The molecule has 0 heterocycles. The lowest BCUT2D eigenvalue weighted by molar-refractivity contribution is 0.595. The molecule has 0 aromatic heterocycles. The van der Waals surface area contributed by atoms with E-state index in [0.717, 1.165) is 25.7 Å². The first kappa shape index (κ1) is 13.0. The van der Waals surface area contributed by atoms with Crippen LogP contribution in [0, 0.1) is 0 Å². The molecule has 0 spiro atoms. The summed E-state index contributed by atoms with van der Waals surface area (Å²) in [5.74, 6) is 0.517. The Bertz CT molecular complexity index is 319. The number of halogens is 1. The van der Waals surface area contributed by atoms with Crippen LogP contribution in [0.5, 0.6) is 0 Å². The molecule has 15 heavy (non-hydrogen) atoms. The van der Waals surface area contributed by atoms with Gasteiger partial charge in [0.05, 0.1) is 11.1 Å². The number of hydrogen-bond donors (Lipinski definition) is 0. The van der Waals surface area contributed by atoms with Crippen molar-refractivity contribution in [2.75, 3.05) is 11.5 Å². The van der Waals surface area contributed by atoms with E-state index in [1.54, 1.807) is 6.92 Å². The summed E-state index contributed by atoms with van der Waals surface area (Å²) in [5.41, 5.74) is 1.23. The highest BCUT2D eigenvalue weighted by atomic mass is 35.5. The van der Waals surface area contributed by atoms with Gasteiger partial charge in [-0.15, -0.1) is 11.6 Å². The Morgan fingerprint density at radius 3 is 2.87 bits per heavy atom. The quantitative estimate of drug-likeness (QED) is 0.568. The molecule has 0 amide bonds. The highest BCUT2D eigenvalue weighted by molar-refractivity contribution is 7.91. The van der Waals surface area contributed by atoms with Crippen molar-refractivity contribution in [2.24, 2.45) is 0 Å². The zero-order valence-electron chi connectivity index (χ0n) is 9.21. The Hall–Kier alpha value is -0.0200. The highest BCUT2D eigenvalue weighted by Gasteiger charge is 2.12. The fourth-order valence-corrected chi connectivity index (χ4v) is 2.95. The molecule has 0 bridgehead atoms. The standard InChI is InChI=1S/C11H19ClO2S/c1-2-15(13,14)8-7-10-5-3-4-6-11(12)9-10/h9,11H,2-8H2,1H3. The van der Waals surface area contributed by atoms with E-state index >= 15 is 0 Å². The van der Waals surface area contributed by atoms with Gasteiger partial charge in [0, 0.05) is 5.75 Å². The van der Waals surface area contributed by atoms with Gasteiger partial charge in [0.15, 0.2) is 0 Å². The second kappa shape index (κ2) is 5.90. The largest absolute Gasteiger partial charge is 0.229 e. The molecule has 0 aromatic carbocycles. The van der Waals surface area contributed by atoms with Crippen molar-refractivity contribution in [3.63, 3.8) is 0 Å². The van der Waals surface area contributed by atoms with Crippen molar-refractivity contribution in [3.8, 4) is 0 Å². The number of rotatable bonds is 4. The van der Waals surface area contributed by atoms with Crippen molar-refractivity contribution in [3.05, 3.63) is 11.6 Å². The molecular weight excluding hydrogens is 232 g/mol. The van der Waals surface area contributed by atoms with Crippen molar-refractivity contribution in [1.29, 1.82) is 0 Å². The van der Waals surface area contributed by atoms with Crippen LogP contribution in [0.4, 0.5) is 0 Å². The molecule has 0 fully saturated rings. The lowest BCUT2D eigenvalue weighted by Gasteiger charge is -2.05. The number of alkyl halides is 1. The summed E-state index contributed by atoms with van der Waals surface area (Å²) in [6, 6.07) is 0. The minimum absolute atomic E-state index is 0.104. The molecule has 1 rings (SSSR count). The molecule has 88 valence electrons. The second-order valence-corrected chi connectivity index (χ2v) is 7.11. The summed E-state index contributed by atoms with van der Waals surface area (Å²) < 4.78 is 22.7. The van der Waals surface area contributed by atoms with Crippen LogP contribution in [0.25, 0.3) is 0 Å². The lowest BCUT2D eigenvalue weighted by Crippen LogP contribution is -2.09. The van der Waals surface area contributed by atoms with Crippen LogP contribution in [0.1, 0.15) is 39.0 Å². The van der Waals surface area contributed by atoms with Crippen LogP contribution in [0.3, 0.4) is 0 Å². The molecule has 0 aliphatic heterocycles. The predicted octanol–water partition coefficient (Wildman–Crippen LogP) is 2.92. The summed E-state index contributed by atoms with van der Waals surface area (Å²) in [5, 5.41) is 0.104. The molecule has 1 aliphatic carbocycles. The average molecular weight is 251 g/mol. The van der Waals surface area contributed by atoms with Gasteiger partial charge in [0.1, 0.15) is 9.84 Å². The summed E-state index contributed by atoms with van der Waals surface area (Å²) in [7, 11) is -2.83. The molecule has 0 aromatic rings. The molecule has 1 atom stereocenters. The van der Waals surface area contributed by atoms with Crippen LogP contribution >= 0.6 is 11.6 Å². The SMILES string of the molecule is CCS(=O)(=O)CCC1=CC(Cl)CCCC1. The lowest BCUT2D eigenvalue weighted by atomic mass is 10.1. The topological polar surface area (TPSA) is 34.1 Å². The number of sulfone groups is 1. The van der Waals surface area contributed by atoms with Crippen LogP contribution < -0.4 is 0 Å². The van der Waals surface area contributed by atoms with Gasteiger partial charge in [0.25, 0.3) is 0 Å². The van der Waals surface area contributed by atoms with E-state index in [0.29, 0.717) is 6.42 Å². The molecule has 1 aliphatic rings. The second-order valence-electron chi connectivity index (χ2n) is 4.07. The van der Waals surface area contributed by atoms with Crippen LogP contribution in [-0.4, -0.2) is 25.3 Å². The third kappa shape index (κ3) is 5.03. The summed E-state index contributed by atoms with van der Waals surface area (Å²) in [4.78, 5) is 0. The van der Waals surface area contributed by atoms with E-state index < -0.39 is 9.84 Å². The van der Waals surface area contributed by atoms with Crippen LogP contribution in [-0.2, 0) is 9.84 Å². The first-order valence-corrected chi connectivity index (χ1v) is 7.83. The molecule has 0 saturated heterocycles. The molecule has 0 N–H and O–H groups in total. The molecule has 0 saturated carbocycles. The van der Waals surface area contributed by atoms with Crippen LogP contribution in [0.15, 0.2) is 11.6 Å². The molecule has 2 nitrogen and oxygen atoms in total. The van der Waals surface area contributed by atoms with E-state index in [9.17, 15) is 8.42 Å². The van der Waals surface area contributed by atoms with Gasteiger partial charge >= 0.3 is 0 Å². The third-order valence-electron chi connectivity index (χ3n) is 2.82. The summed E-state index contributed by atoms with van der Waals surface area (Å²) in [6.07, 6.45) is 7.04. The van der Waals surface area contributed by atoms with Crippen molar-refractivity contribution in [1.82, 2.24) is 0 Å².